The molecule has 0 bridgehead atoms. The molecule has 0 fully saturated rings. The van der Waals surface area contributed by atoms with Gasteiger partial charge in [-0.3, -0.25) is 0 Å². The molecule has 1 N–H and O–H groups in total. The van der Waals surface area contributed by atoms with Crippen molar-refractivity contribution in [3.63, 3.8) is 0 Å². The third kappa shape index (κ3) is 7.85. The molecule has 0 aliphatic carbocycles. The van der Waals surface area contributed by atoms with Gasteiger partial charge in [0.2, 0.25) is 0 Å². The molecular weight excluding hydrogens is 238 g/mol. The normalized spacial score (nSPS) is 10.6. The molecule has 0 aromatic heterocycles. The molecule has 0 aliphatic heterocycles. The molecule has 0 unspecified atom stereocenters. The van der Waals surface area contributed by atoms with Crippen LogP contribution in [0.4, 0.5) is 0 Å². The molecule has 0 atom stereocenters. The van der Waals surface area contributed by atoms with Crippen LogP contribution >= 0.6 is 0 Å². The van der Waals surface area contributed by atoms with E-state index in [1.54, 1.807) is 14.2 Å². The summed E-state index contributed by atoms with van der Waals surface area (Å²) in [5.41, 5.74) is 1.40. The largest absolute Gasteiger partial charge is 0.497 e. The highest BCUT2D eigenvalue weighted by Gasteiger charge is 1.95. The number of ether oxygens (including phenoxy) is 2. The van der Waals surface area contributed by atoms with E-state index in [-0.39, 0.29) is 0 Å². The van der Waals surface area contributed by atoms with Gasteiger partial charge in [-0.1, -0.05) is 25.0 Å². The van der Waals surface area contributed by atoms with E-state index in [9.17, 15) is 0 Å². The second kappa shape index (κ2) is 10.8. The highest BCUT2D eigenvalue weighted by atomic mass is 16.5. The van der Waals surface area contributed by atoms with E-state index >= 15 is 0 Å². The smallest absolute Gasteiger partial charge is 0.118 e. The summed E-state index contributed by atoms with van der Waals surface area (Å²) in [5.74, 6) is 0.936. The Balaban J connectivity index is 1.95. The van der Waals surface area contributed by atoms with Crippen molar-refractivity contribution in [2.24, 2.45) is 0 Å². The fourth-order valence-electron chi connectivity index (χ4n) is 2.02. The van der Waals surface area contributed by atoms with Gasteiger partial charge in [-0.05, 0) is 43.5 Å². The van der Waals surface area contributed by atoms with Gasteiger partial charge in [0, 0.05) is 13.7 Å². The molecule has 0 radical (unpaired) electrons. The van der Waals surface area contributed by atoms with Gasteiger partial charge in [-0.15, -0.1) is 0 Å². The minimum Gasteiger partial charge on any atom is -0.497 e. The number of benzene rings is 1. The zero-order valence-corrected chi connectivity index (χ0v) is 12.3. The first-order valence-electron chi connectivity index (χ1n) is 7.19. The number of methoxy groups -OCH3 is 2. The molecule has 0 spiro atoms. The maximum absolute atomic E-state index is 5.15. The Hall–Kier alpha value is -1.06. The Morgan fingerprint density at radius 1 is 0.895 bits per heavy atom. The van der Waals surface area contributed by atoms with Gasteiger partial charge in [0.15, 0.2) is 0 Å². The molecule has 1 rings (SSSR count). The number of hydrogen-bond acceptors (Lipinski definition) is 3. The second-order valence-electron chi connectivity index (χ2n) is 4.76. The van der Waals surface area contributed by atoms with Crippen LogP contribution in [0, 0.1) is 0 Å². The predicted molar refractivity (Wildman–Crippen MR) is 79.9 cm³/mol. The van der Waals surface area contributed by atoms with Crippen LogP contribution in [-0.4, -0.2) is 33.9 Å². The Labute approximate surface area is 117 Å². The number of hydrogen-bond donors (Lipinski definition) is 1. The lowest BCUT2D eigenvalue weighted by Crippen LogP contribution is -2.20. The van der Waals surface area contributed by atoms with Crippen LogP contribution < -0.4 is 10.1 Å². The first-order chi connectivity index (χ1) is 9.36. The lowest BCUT2D eigenvalue weighted by molar-refractivity contribution is 0.199. The standard InChI is InChI=1S/C16H27NO2/c1-18-14-13-17-12-6-4-3-5-7-15-8-10-16(19-2)11-9-15/h8-11,17H,3-7,12-14H2,1-2H3. The van der Waals surface area contributed by atoms with Crippen molar-refractivity contribution in [3.8, 4) is 5.75 Å². The van der Waals surface area contributed by atoms with E-state index in [1.165, 1.54) is 37.7 Å². The monoisotopic (exact) mass is 265 g/mol. The molecule has 3 nitrogen and oxygen atoms in total. The van der Waals surface area contributed by atoms with Crippen molar-refractivity contribution in [2.75, 3.05) is 33.9 Å². The van der Waals surface area contributed by atoms with E-state index in [0.29, 0.717) is 0 Å². The van der Waals surface area contributed by atoms with Gasteiger partial charge in [0.05, 0.1) is 13.7 Å². The average molecular weight is 265 g/mol. The first kappa shape index (κ1) is 16.0. The highest BCUT2D eigenvalue weighted by molar-refractivity contribution is 5.27. The van der Waals surface area contributed by atoms with Crippen LogP contribution in [0.5, 0.6) is 5.75 Å². The van der Waals surface area contributed by atoms with Crippen molar-refractivity contribution in [1.29, 1.82) is 0 Å². The zero-order chi connectivity index (χ0) is 13.8. The van der Waals surface area contributed by atoms with Crippen molar-refractivity contribution < 1.29 is 9.47 Å². The van der Waals surface area contributed by atoms with Gasteiger partial charge < -0.3 is 14.8 Å². The number of aryl methyl sites for hydroxylation is 1. The maximum Gasteiger partial charge on any atom is 0.118 e. The van der Waals surface area contributed by atoms with Crippen LogP contribution in [0.25, 0.3) is 0 Å². The highest BCUT2D eigenvalue weighted by Crippen LogP contribution is 2.13. The Kier molecular flexibility index (Phi) is 9.11. The second-order valence-corrected chi connectivity index (χ2v) is 4.76. The lowest BCUT2D eigenvalue weighted by Gasteiger charge is -2.05. The summed E-state index contributed by atoms with van der Waals surface area (Å²) in [4.78, 5) is 0. The first-order valence-corrected chi connectivity index (χ1v) is 7.19. The Morgan fingerprint density at radius 2 is 1.63 bits per heavy atom. The third-order valence-electron chi connectivity index (χ3n) is 3.21. The summed E-state index contributed by atoms with van der Waals surface area (Å²) in [6.07, 6.45) is 6.30. The van der Waals surface area contributed by atoms with E-state index in [2.05, 4.69) is 17.4 Å². The van der Waals surface area contributed by atoms with Gasteiger partial charge in [0.1, 0.15) is 5.75 Å². The molecule has 0 heterocycles. The minimum atomic E-state index is 0.803. The molecular formula is C16H27NO2. The van der Waals surface area contributed by atoms with E-state index in [4.69, 9.17) is 9.47 Å². The van der Waals surface area contributed by atoms with E-state index in [0.717, 1.165) is 25.4 Å². The number of unbranched alkanes of at least 4 members (excludes halogenated alkanes) is 3. The van der Waals surface area contributed by atoms with Crippen molar-refractivity contribution in [3.05, 3.63) is 29.8 Å². The summed E-state index contributed by atoms with van der Waals surface area (Å²) in [6, 6.07) is 8.39. The lowest BCUT2D eigenvalue weighted by atomic mass is 10.1. The van der Waals surface area contributed by atoms with Crippen LogP contribution in [-0.2, 0) is 11.2 Å². The summed E-state index contributed by atoms with van der Waals surface area (Å²) in [5, 5.41) is 3.37. The van der Waals surface area contributed by atoms with Crippen LogP contribution in [0.15, 0.2) is 24.3 Å². The van der Waals surface area contributed by atoms with Crippen molar-refractivity contribution in [2.45, 2.75) is 32.1 Å². The molecule has 19 heavy (non-hydrogen) atoms. The topological polar surface area (TPSA) is 30.5 Å². The zero-order valence-electron chi connectivity index (χ0n) is 12.3. The summed E-state index contributed by atoms with van der Waals surface area (Å²) in [7, 11) is 3.44. The minimum absolute atomic E-state index is 0.803. The SMILES string of the molecule is COCCNCCCCCCc1ccc(OC)cc1. The fourth-order valence-corrected chi connectivity index (χ4v) is 2.02. The third-order valence-corrected chi connectivity index (χ3v) is 3.21. The van der Waals surface area contributed by atoms with Crippen molar-refractivity contribution >= 4 is 0 Å². The van der Waals surface area contributed by atoms with Gasteiger partial charge >= 0.3 is 0 Å². The fraction of sp³-hybridized carbons (Fsp3) is 0.625. The molecule has 0 saturated carbocycles. The van der Waals surface area contributed by atoms with Crippen molar-refractivity contribution in [1.82, 2.24) is 5.32 Å². The van der Waals surface area contributed by atoms with Crippen LogP contribution in [0.2, 0.25) is 0 Å². The Bertz CT molecular complexity index is 311. The maximum atomic E-state index is 5.15. The summed E-state index contributed by atoms with van der Waals surface area (Å²) in [6.45, 7) is 2.87. The average Bonchev–Trinajstić information content (AvgIpc) is 2.46. The van der Waals surface area contributed by atoms with Gasteiger partial charge in [-0.2, -0.15) is 0 Å². The molecule has 1 aromatic rings. The molecule has 0 saturated heterocycles. The number of nitrogens with one attached hydrogen (secondary N) is 1. The van der Waals surface area contributed by atoms with Gasteiger partial charge in [0.25, 0.3) is 0 Å². The van der Waals surface area contributed by atoms with E-state index in [1.807, 2.05) is 12.1 Å². The molecule has 108 valence electrons. The molecule has 0 aliphatic rings. The molecule has 0 amide bonds. The van der Waals surface area contributed by atoms with Gasteiger partial charge in [-0.25, -0.2) is 0 Å². The summed E-state index contributed by atoms with van der Waals surface area (Å²) < 4.78 is 10.1. The predicted octanol–water partition coefficient (Wildman–Crippen LogP) is 3.03. The Morgan fingerprint density at radius 3 is 2.32 bits per heavy atom. The molecule has 3 heteroatoms. The molecule has 1 aromatic carbocycles. The van der Waals surface area contributed by atoms with Crippen LogP contribution in [0.1, 0.15) is 31.2 Å². The van der Waals surface area contributed by atoms with E-state index < -0.39 is 0 Å². The summed E-state index contributed by atoms with van der Waals surface area (Å²) >= 11 is 0. The quantitative estimate of drug-likeness (QED) is 0.624. The number of rotatable bonds is 11. The van der Waals surface area contributed by atoms with Crippen LogP contribution in [0.3, 0.4) is 0 Å².